The fourth-order valence-corrected chi connectivity index (χ4v) is 7.38. The lowest BCUT2D eigenvalue weighted by Crippen LogP contribution is -2.57. The molecule has 1 N–H and O–H groups in total. The lowest BCUT2D eigenvalue weighted by atomic mass is 10.0. The van der Waals surface area contributed by atoms with E-state index in [1.807, 2.05) is 65.8 Å². The average molecular weight is 486 g/mol. The molecule has 7 unspecified atom stereocenters. The highest BCUT2D eigenvalue weighted by Gasteiger charge is 2.64. The molecule has 7 atom stereocenters. The Kier molecular flexibility index (Phi) is 6.99. The predicted molar refractivity (Wildman–Crippen MR) is 122 cm³/mol. The minimum atomic E-state index is -3.70. The number of hydrogen-bond donors (Lipinski definition) is 1. The fourth-order valence-electron chi connectivity index (χ4n) is 4.63. The molecular formula is C23H36NO8P. The Morgan fingerprint density at radius 2 is 1.73 bits per heavy atom. The van der Waals surface area contributed by atoms with Gasteiger partial charge in [0.15, 0.2) is 11.6 Å². The summed E-state index contributed by atoms with van der Waals surface area (Å²) in [5, 5.41) is 3.38. The van der Waals surface area contributed by atoms with Gasteiger partial charge in [-0.3, -0.25) is 4.57 Å². The maximum Gasteiger partial charge on any atom is 0.282 e. The van der Waals surface area contributed by atoms with E-state index in [2.05, 4.69) is 5.32 Å². The SMILES string of the molecule is CCOC(OC)P1(=O)OC(C2COC(C)(C)O2)C2OC(C)(C)OC2C1Nc1ccc(C)cc1. The first-order valence-electron chi connectivity index (χ1n) is 11.4. The molecule has 0 radical (unpaired) electrons. The van der Waals surface area contributed by atoms with E-state index < -0.39 is 55.2 Å². The van der Waals surface area contributed by atoms with Gasteiger partial charge in [-0.1, -0.05) is 17.7 Å². The minimum Gasteiger partial charge on any atom is -0.371 e. The summed E-state index contributed by atoms with van der Waals surface area (Å²) in [6.45, 7) is 11.8. The second kappa shape index (κ2) is 9.21. The predicted octanol–water partition coefficient (Wildman–Crippen LogP) is 4.05. The van der Waals surface area contributed by atoms with E-state index in [1.165, 1.54) is 7.11 Å². The van der Waals surface area contributed by atoms with Gasteiger partial charge in [0.2, 0.25) is 6.03 Å². The normalized spacial score (nSPS) is 38.1. The zero-order valence-corrected chi connectivity index (χ0v) is 21.3. The fraction of sp³-hybridized carbons (Fsp3) is 0.739. The maximum atomic E-state index is 14.7. The second-order valence-corrected chi connectivity index (χ2v) is 12.1. The molecule has 3 saturated heterocycles. The van der Waals surface area contributed by atoms with Crippen molar-refractivity contribution in [2.24, 2.45) is 0 Å². The molecule has 0 aromatic heterocycles. The van der Waals surface area contributed by atoms with Crippen LogP contribution in [0.25, 0.3) is 0 Å². The number of aryl methyl sites for hydroxylation is 1. The van der Waals surface area contributed by atoms with Crippen molar-refractivity contribution in [2.45, 2.75) is 89.3 Å². The van der Waals surface area contributed by atoms with Crippen molar-refractivity contribution in [1.82, 2.24) is 0 Å². The van der Waals surface area contributed by atoms with Gasteiger partial charge in [0.1, 0.15) is 30.2 Å². The van der Waals surface area contributed by atoms with Gasteiger partial charge >= 0.3 is 0 Å². The van der Waals surface area contributed by atoms with E-state index in [-0.39, 0.29) is 6.61 Å². The number of anilines is 1. The Hall–Kier alpha value is -1.03. The standard InChI is InChI=1S/C23H36NO8P/c1-8-27-21(26-7)33(25)20(24-15-11-9-14(2)10-12-15)19-18(30-23(5,6)31-19)17(32-33)16-13-28-22(3,4)29-16/h9-12,16-21,24H,8,13H2,1-7H3. The molecule has 33 heavy (non-hydrogen) atoms. The van der Waals surface area contributed by atoms with Crippen molar-refractivity contribution in [1.29, 1.82) is 0 Å². The molecule has 1 aromatic rings. The van der Waals surface area contributed by atoms with Crippen LogP contribution in [0.4, 0.5) is 5.69 Å². The van der Waals surface area contributed by atoms with Gasteiger partial charge in [-0.25, -0.2) is 0 Å². The molecule has 1 aromatic carbocycles. The number of fused-ring (bicyclic) bond motifs is 1. The molecule has 3 fully saturated rings. The summed E-state index contributed by atoms with van der Waals surface area (Å²) in [4.78, 5) is 0. The largest absolute Gasteiger partial charge is 0.371 e. The average Bonchev–Trinajstić information content (AvgIpc) is 3.27. The van der Waals surface area contributed by atoms with Crippen molar-refractivity contribution in [3.05, 3.63) is 29.8 Å². The lowest BCUT2D eigenvalue weighted by molar-refractivity contribution is -0.175. The van der Waals surface area contributed by atoms with E-state index in [0.717, 1.165) is 11.3 Å². The van der Waals surface area contributed by atoms with Crippen molar-refractivity contribution in [3.63, 3.8) is 0 Å². The number of rotatable bonds is 7. The zero-order chi connectivity index (χ0) is 24.0. The van der Waals surface area contributed by atoms with E-state index in [1.54, 1.807) is 0 Å². The number of ether oxygens (including phenoxy) is 6. The van der Waals surface area contributed by atoms with Gasteiger partial charge < -0.3 is 38.3 Å². The van der Waals surface area contributed by atoms with Crippen molar-refractivity contribution < 1.29 is 37.5 Å². The quantitative estimate of drug-likeness (QED) is 0.453. The molecule has 0 bridgehead atoms. The molecule has 3 heterocycles. The number of hydrogen-bond acceptors (Lipinski definition) is 9. The van der Waals surface area contributed by atoms with Crippen molar-refractivity contribution in [3.8, 4) is 0 Å². The molecule has 10 heteroatoms. The van der Waals surface area contributed by atoms with Crippen LogP contribution in [0, 0.1) is 6.92 Å². The first kappa shape index (κ1) is 25.1. The minimum absolute atomic E-state index is 0.285. The number of nitrogens with one attached hydrogen (secondary N) is 1. The Bertz CT molecular complexity index is 876. The Labute approximate surface area is 195 Å². The van der Waals surface area contributed by atoms with Crippen LogP contribution in [-0.2, 0) is 37.5 Å². The highest BCUT2D eigenvalue weighted by Crippen LogP contribution is 2.65. The Morgan fingerprint density at radius 1 is 1.06 bits per heavy atom. The molecule has 0 saturated carbocycles. The molecule has 3 aliphatic heterocycles. The van der Waals surface area contributed by atoms with Gasteiger partial charge in [0.25, 0.3) is 7.37 Å². The van der Waals surface area contributed by atoms with E-state index >= 15 is 0 Å². The Morgan fingerprint density at radius 3 is 2.30 bits per heavy atom. The molecule has 0 amide bonds. The maximum absolute atomic E-state index is 14.7. The molecule has 0 spiro atoms. The van der Waals surface area contributed by atoms with Gasteiger partial charge in [0.05, 0.1) is 6.61 Å². The molecule has 3 aliphatic rings. The van der Waals surface area contributed by atoms with Crippen LogP contribution in [0.15, 0.2) is 24.3 Å². The van der Waals surface area contributed by atoms with Crippen LogP contribution in [0.1, 0.15) is 40.2 Å². The van der Waals surface area contributed by atoms with Crippen LogP contribution in [0.2, 0.25) is 0 Å². The smallest absolute Gasteiger partial charge is 0.282 e. The zero-order valence-electron chi connectivity index (χ0n) is 20.4. The van der Waals surface area contributed by atoms with Crippen molar-refractivity contribution in [2.75, 3.05) is 25.6 Å². The molecule has 186 valence electrons. The van der Waals surface area contributed by atoms with Gasteiger partial charge in [-0.15, -0.1) is 0 Å². The first-order valence-corrected chi connectivity index (χ1v) is 13.2. The van der Waals surface area contributed by atoms with E-state index in [4.69, 9.17) is 32.9 Å². The van der Waals surface area contributed by atoms with Gasteiger partial charge in [0, 0.05) is 19.4 Å². The summed E-state index contributed by atoms with van der Waals surface area (Å²) in [5.41, 5.74) is 1.90. The summed E-state index contributed by atoms with van der Waals surface area (Å²) in [5.74, 6) is -2.45. The van der Waals surface area contributed by atoms with Gasteiger partial charge in [-0.2, -0.15) is 0 Å². The van der Waals surface area contributed by atoms with Crippen LogP contribution >= 0.6 is 7.37 Å². The number of benzene rings is 1. The van der Waals surface area contributed by atoms with E-state index in [9.17, 15) is 4.57 Å². The lowest BCUT2D eigenvalue weighted by Gasteiger charge is -2.45. The number of methoxy groups -OCH3 is 1. The highest BCUT2D eigenvalue weighted by molar-refractivity contribution is 7.60. The summed E-state index contributed by atoms with van der Waals surface area (Å²) >= 11 is 0. The molecule has 0 aliphatic carbocycles. The monoisotopic (exact) mass is 485 g/mol. The van der Waals surface area contributed by atoms with E-state index in [0.29, 0.717) is 6.61 Å². The summed E-state index contributed by atoms with van der Waals surface area (Å²) in [6.07, 6.45) is -2.32. The van der Waals surface area contributed by atoms with Crippen LogP contribution < -0.4 is 5.32 Å². The van der Waals surface area contributed by atoms with Crippen LogP contribution in [0.3, 0.4) is 0 Å². The topological polar surface area (TPSA) is 93.7 Å². The second-order valence-electron chi connectivity index (χ2n) is 9.60. The van der Waals surface area contributed by atoms with Gasteiger partial charge in [-0.05, 0) is 53.7 Å². The summed E-state index contributed by atoms with van der Waals surface area (Å²) < 4.78 is 56.9. The third-order valence-electron chi connectivity index (χ3n) is 6.04. The third kappa shape index (κ3) is 5.02. The Balaban J connectivity index is 1.74. The van der Waals surface area contributed by atoms with Crippen LogP contribution in [-0.4, -0.2) is 68.1 Å². The molecule has 4 rings (SSSR count). The van der Waals surface area contributed by atoms with Crippen LogP contribution in [0.5, 0.6) is 0 Å². The summed E-state index contributed by atoms with van der Waals surface area (Å²) in [7, 11) is -2.24. The highest BCUT2D eigenvalue weighted by atomic mass is 31.2. The summed E-state index contributed by atoms with van der Waals surface area (Å²) in [6, 6.07) is 6.74. The van der Waals surface area contributed by atoms with Crippen molar-refractivity contribution >= 4 is 13.1 Å². The third-order valence-corrected chi connectivity index (χ3v) is 8.76. The molecule has 9 nitrogen and oxygen atoms in total. The molecular weight excluding hydrogens is 449 g/mol. The first-order chi connectivity index (χ1) is 15.5.